The summed E-state index contributed by atoms with van der Waals surface area (Å²) in [6.07, 6.45) is 4.25. The summed E-state index contributed by atoms with van der Waals surface area (Å²) in [6, 6.07) is 9.16. The van der Waals surface area contributed by atoms with Gasteiger partial charge in [-0.05, 0) is 18.9 Å². The van der Waals surface area contributed by atoms with Crippen molar-refractivity contribution >= 4 is 5.97 Å². The lowest BCUT2D eigenvalue weighted by atomic mass is 9.90. The van der Waals surface area contributed by atoms with Gasteiger partial charge in [0.25, 0.3) is 0 Å². The summed E-state index contributed by atoms with van der Waals surface area (Å²) in [5.74, 6) is -0.399. The zero-order valence-corrected chi connectivity index (χ0v) is 10.9. The van der Waals surface area contributed by atoms with E-state index in [2.05, 4.69) is 0 Å². The molecule has 98 valence electrons. The first-order valence-electron chi connectivity index (χ1n) is 6.23. The number of esters is 1. The molecule has 1 unspecified atom stereocenters. The second kappa shape index (κ2) is 6.97. The smallest absolute Gasteiger partial charge is 0.309 e. The van der Waals surface area contributed by atoms with E-state index in [-0.39, 0.29) is 6.42 Å². The van der Waals surface area contributed by atoms with Gasteiger partial charge in [0.1, 0.15) is 5.60 Å². The van der Waals surface area contributed by atoms with Gasteiger partial charge in [-0.3, -0.25) is 4.79 Å². The van der Waals surface area contributed by atoms with Gasteiger partial charge in [0.2, 0.25) is 0 Å². The van der Waals surface area contributed by atoms with Gasteiger partial charge in [0.05, 0.1) is 13.0 Å². The van der Waals surface area contributed by atoms with E-state index in [4.69, 9.17) is 4.74 Å². The zero-order chi connectivity index (χ0) is 13.4. The van der Waals surface area contributed by atoms with Crippen LogP contribution >= 0.6 is 0 Å². The number of hydrogen-bond acceptors (Lipinski definition) is 3. The molecule has 0 saturated heterocycles. The van der Waals surface area contributed by atoms with Crippen LogP contribution in [0, 0.1) is 0 Å². The van der Waals surface area contributed by atoms with Crippen LogP contribution in [0.2, 0.25) is 0 Å². The number of rotatable bonds is 6. The molecule has 1 aromatic rings. The highest BCUT2D eigenvalue weighted by Crippen LogP contribution is 2.27. The van der Waals surface area contributed by atoms with Crippen molar-refractivity contribution in [3.05, 3.63) is 48.0 Å². The minimum absolute atomic E-state index is 0.0681. The lowest BCUT2D eigenvalue weighted by molar-refractivity contribution is -0.147. The van der Waals surface area contributed by atoms with E-state index < -0.39 is 11.6 Å². The molecule has 0 amide bonds. The van der Waals surface area contributed by atoms with Crippen LogP contribution in [0.1, 0.15) is 32.3 Å². The van der Waals surface area contributed by atoms with Crippen molar-refractivity contribution in [2.45, 2.75) is 32.3 Å². The summed E-state index contributed by atoms with van der Waals surface area (Å²) in [5, 5.41) is 10.6. The number of allylic oxidation sites excluding steroid dienone is 1. The molecule has 0 heterocycles. The molecule has 0 aliphatic carbocycles. The molecule has 3 nitrogen and oxygen atoms in total. The summed E-state index contributed by atoms with van der Waals surface area (Å²) in [7, 11) is 0. The lowest BCUT2D eigenvalue weighted by Crippen LogP contribution is -2.27. The molecule has 0 aliphatic heterocycles. The highest BCUT2D eigenvalue weighted by Gasteiger charge is 2.29. The van der Waals surface area contributed by atoms with E-state index in [1.807, 2.05) is 31.2 Å². The Morgan fingerprint density at radius 2 is 2.00 bits per heavy atom. The van der Waals surface area contributed by atoms with Crippen molar-refractivity contribution in [2.24, 2.45) is 0 Å². The van der Waals surface area contributed by atoms with Crippen LogP contribution in [0.25, 0.3) is 0 Å². The van der Waals surface area contributed by atoms with Crippen molar-refractivity contribution in [1.29, 1.82) is 0 Å². The molecule has 0 aliphatic rings. The molecule has 18 heavy (non-hydrogen) atoms. The predicted molar refractivity (Wildman–Crippen MR) is 71.0 cm³/mol. The Bertz CT molecular complexity index is 397. The lowest BCUT2D eigenvalue weighted by Gasteiger charge is -2.24. The minimum Gasteiger partial charge on any atom is -0.466 e. The zero-order valence-electron chi connectivity index (χ0n) is 10.9. The Kier molecular flexibility index (Phi) is 5.59. The highest BCUT2D eigenvalue weighted by molar-refractivity contribution is 5.71. The molecule has 1 N–H and O–H groups in total. The monoisotopic (exact) mass is 248 g/mol. The molecule has 1 rings (SSSR count). The summed E-state index contributed by atoms with van der Waals surface area (Å²) in [4.78, 5) is 11.6. The topological polar surface area (TPSA) is 46.5 Å². The molecular formula is C15H20O3. The Hall–Kier alpha value is -1.61. The third-order valence-electron chi connectivity index (χ3n) is 2.62. The van der Waals surface area contributed by atoms with Gasteiger partial charge in [0, 0.05) is 0 Å². The van der Waals surface area contributed by atoms with Gasteiger partial charge in [-0.2, -0.15) is 0 Å². The molecule has 0 bridgehead atoms. The molecular weight excluding hydrogens is 228 g/mol. The molecule has 3 heteroatoms. The number of aliphatic hydroxyl groups is 1. The van der Waals surface area contributed by atoms with Gasteiger partial charge in [-0.15, -0.1) is 0 Å². The van der Waals surface area contributed by atoms with E-state index in [1.54, 1.807) is 25.1 Å². The summed E-state index contributed by atoms with van der Waals surface area (Å²) in [5.41, 5.74) is -0.591. The van der Waals surface area contributed by atoms with Crippen molar-refractivity contribution in [2.75, 3.05) is 6.61 Å². The van der Waals surface area contributed by atoms with Crippen molar-refractivity contribution in [3.8, 4) is 0 Å². The molecule has 0 spiro atoms. The minimum atomic E-state index is -1.29. The third-order valence-corrected chi connectivity index (χ3v) is 2.62. The van der Waals surface area contributed by atoms with Gasteiger partial charge < -0.3 is 9.84 Å². The fraction of sp³-hybridized carbons (Fsp3) is 0.400. The number of hydrogen-bond donors (Lipinski definition) is 1. The number of ether oxygens (including phenoxy) is 1. The molecule has 0 saturated carbocycles. The van der Waals surface area contributed by atoms with E-state index in [9.17, 15) is 9.90 Å². The van der Waals surface area contributed by atoms with E-state index in [0.29, 0.717) is 12.2 Å². The van der Waals surface area contributed by atoms with E-state index in [1.165, 1.54) is 0 Å². The maximum Gasteiger partial charge on any atom is 0.309 e. The first-order valence-corrected chi connectivity index (χ1v) is 6.23. The fourth-order valence-electron chi connectivity index (χ4n) is 1.73. The molecule has 0 aromatic heterocycles. The maximum absolute atomic E-state index is 11.6. The Balaban J connectivity index is 2.95. The summed E-state index contributed by atoms with van der Waals surface area (Å²) < 4.78 is 4.91. The normalized spacial score (nSPS) is 14.4. The number of carbonyl (C=O) groups excluding carboxylic acids is 1. The second-order valence-corrected chi connectivity index (χ2v) is 4.08. The second-order valence-electron chi connectivity index (χ2n) is 4.08. The van der Waals surface area contributed by atoms with Crippen molar-refractivity contribution < 1.29 is 14.6 Å². The fourth-order valence-corrected chi connectivity index (χ4v) is 1.73. The van der Waals surface area contributed by atoms with Crippen LogP contribution in [0.5, 0.6) is 0 Å². The maximum atomic E-state index is 11.6. The first-order chi connectivity index (χ1) is 8.62. The van der Waals surface area contributed by atoms with Crippen LogP contribution in [0.4, 0.5) is 0 Å². The Morgan fingerprint density at radius 1 is 1.33 bits per heavy atom. The largest absolute Gasteiger partial charge is 0.466 e. The molecule has 0 radical (unpaired) electrons. The van der Waals surface area contributed by atoms with Gasteiger partial charge in [0.15, 0.2) is 0 Å². The highest BCUT2D eigenvalue weighted by atomic mass is 16.5. The standard InChI is InChI=1S/C15H20O3/c1-3-5-11-15(17,12-14(16)18-4-2)13-9-7-6-8-10-13/h5-11,17H,3-4,12H2,1-2H3/b11-5-. The van der Waals surface area contributed by atoms with Crippen molar-refractivity contribution in [1.82, 2.24) is 0 Å². The van der Waals surface area contributed by atoms with Gasteiger partial charge in [-0.25, -0.2) is 0 Å². The number of benzene rings is 1. The summed E-state index contributed by atoms with van der Waals surface area (Å²) >= 11 is 0. The molecule has 1 aromatic carbocycles. The quantitative estimate of drug-likeness (QED) is 0.622. The van der Waals surface area contributed by atoms with E-state index >= 15 is 0 Å². The summed E-state index contributed by atoms with van der Waals surface area (Å²) in [6.45, 7) is 4.05. The first kappa shape index (κ1) is 14.5. The third kappa shape index (κ3) is 4.00. The number of carbonyl (C=O) groups is 1. The molecule has 0 fully saturated rings. The Labute approximate surface area is 108 Å². The average molecular weight is 248 g/mol. The van der Waals surface area contributed by atoms with Crippen LogP contribution in [-0.2, 0) is 15.1 Å². The van der Waals surface area contributed by atoms with Crippen LogP contribution in [0.3, 0.4) is 0 Å². The van der Waals surface area contributed by atoms with Crippen LogP contribution < -0.4 is 0 Å². The van der Waals surface area contributed by atoms with E-state index in [0.717, 1.165) is 6.42 Å². The van der Waals surface area contributed by atoms with Gasteiger partial charge in [-0.1, -0.05) is 49.4 Å². The predicted octanol–water partition coefficient (Wildman–Crippen LogP) is 2.79. The molecule has 1 atom stereocenters. The Morgan fingerprint density at radius 3 is 2.56 bits per heavy atom. The van der Waals surface area contributed by atoms with Crippen molar-refractivity contribution in [3.63, 3.8) is 0 Å². The van der Waals surface area contributed by atoms with Gasteiger partial charge >= 0.3 is 5.97 Å². The van der Waals surface area contributed by atoms with Crippen LogP contribution in [-0.4, -0.2) is 17.7 Å². The SMILES string of the molecule is CC/C=C\C(O)(CC(=O)OCC)c1ccccc1. The van der Waals surface area contributed by atoms with Crippen LogP contribution in [0.15, 0.2) is 42.5 Å². The average Bonchev–Trinajstić information content (AvgIpc) is 2.38.